The summed E-state index contributed by atoms with van der Waals surface area (Å²) in [5.74, 6) is -0.0664. The van der Waals surface area contributed by atoms with Gasteiger partial charge >= 0.3 is 0 Å². The summed E-state index contributed by atoms with van der Waals surface area (Å²) in [6, 6.07) is 0. The average molecular weight is 281 g/mol. The van der Waals surface area contributed by atoms with Crippen molar-refractivity contribution >= 4 is 23.0 Å². The maximum absolute atomic E-state index is 12.1. The molecule has 0 spiro atoms. The molecule has 0 aliphatic carbocycles. The fraction of sp³-hybridized carbons (Fsp3) is 0.615. The Morgan fingerprint density at radius 2 is 2.26 bits per heavy atom. The van der Waals surface area contributed by atoms with Crippen LogP contribution in [0, 0.1) is 6.92 Å². The second-order valence-electron chi connectivity index (χ2n) is 4.53. The SMILES string of the molecule is CCC1=NO[C@@H](CNC(=O)c2sc(CC)nc2C)C1. The lowest BCUT2D eigenvalue weighted by Gasteiger charge is -2.09. The van der Waals surface area contributed by atoms with Crippen molar-refractivity contribution in [3.05, 3.63) is 15.6 Å². The largest absolute Gasteiger partial charge is 0.390 e. The molecule has 0 unspecified atom stereocenters. The maximum Gasteiger partial charge on any atom is 0.263 e. The minimum atomic E-state index is -0.0664. The molecule has 2 rings (SSSR count). The molecule has 0 fully saturated rings. The summed E-state index contributed by atoms with van der Waals surface area (Å²) in [7, 11) is 0. The quantitative estimate of drug-likeness (QED) is 0.900. The van der Waals surface area contributed by atoms with Crippen molar-refractivity contribution < 1.29 is 9.63 Å². The third kappa shape index (κ3) is 3.32. The van der Waals surface area contributed by atoms with Crippen LogP contribution in [-0.4, -0.2) is 29.3 Å². The van der Waals surface area contributed by atoms with Gasteiger partial charge in [-0.1, -0.05) is 19.0 Å². The van der Waals surface area contributed by atoms with E-state index in [-0.39, 0.29) is 12.0 Å². The second-order valence-corrected chi connectivity index (χ2v) is 5.61. The number of rotatable bonds is 5. The fourth-order valence-corrected chi connectivity index (χ4v) is 2.83. The fourth-order valence-electron chi connectivity index (χ4n) is 1.91. The van der Waals surface area contributed by atoms with E-state index in [1.165, 1.54) is 11.3 Å². The number of hydrogen-bond acceptors (Lipinski definition) is 5. The van der Waals surface area contributed by atoms with Crippen LogP contribution in [0.4, 0.5) is 0 Å². The Hall–Kier alpha value is -1.43. The number of nitrogens with zero attached hydrogens (tertiary/aromatic N) is 2. The van der Waals surface area contributed by atoms with Crippen molar-refractivity contribution in [3.8, 4) is 0 Å². The minimum absolute atomic E-state index is 0.0298. The molecule has 6 heteroatoms. The van der Waals surface area contributed by atoms with E-state index in [9.17, 15) is 4.79 Å². The molecule has 1 N–H and O–H groups in total. The summed E-state index contributed by atoms with van der Waals surface area (Å²) in [5.41, 5.74) is 1.86. The highest BCUT2D eigenvalue weighted by molar-refractivity contribution is 7.13. The Morgan fingerprint density at radius 1 is 1.47 bits per heavy atom. The molecule has 0 bridgehead atoms. The molecule has 104 valence electrons. The van der Waals surface area contributed by atoms with Gasteiger partial charge in [0.25, 0.3) is 5.91 Å². The average Bonchev–Trinajstić information content (AvgIpc) is 3.02. The summed E-state index contributed by atoms with van der Waals surface area (Å²) in [4.78, 5) is 22.4. The molecule has 5 nitrogen and oxygen atoms in total. The Balaban J connectivity index is 1.86. The number of oxime groups is 1. The molecule has 1 aliphatic rings. The Morgan fingerprint density at radius 3 is 2.84 bits per heavy atom. The Labute approximate surface area is 117 Å². The first kappa shape index (κ1) is 14.0. The highest BCUT2D eigenvalue weighted by atomic mass is 32.1. The summed E-state index contributed by atoms with van der Waals surface area (Å²) in [6.45, 7) is 6.45. The predicted octanol–water partition coefficient (Wildman–Crippen LogP) is 2.30. The van der Waals surface area contributed by atoms with Gasteiger partial charge in [0.1, 0.15) is 11.0 Å². The molecule has 2 heterocycles. The van der Waals surface area contributed by atoms with Gasteiger partial charge in [-0.05, 0) is 19.8 Å². The Kier molecular flexibility index (Phi) is 4.52. The van der Waals surface area contributed by atoms with Crippen LogP contribution in [0.3, 0.4) is 0 Å². The first-order valence-corrected chi connectivity index (χ1v) is 7.41. The van der Waals surface area contributed by atoms with Crippen LogP contribution >= 0.6 is 11.3 Å². The van der Waals surface area contributed by atoms with Gasteiger partial charge in [0, 0.05) is 6.42 Å². The molecular weight excluding hydrogens is 262 g/mol. The standard InChI is InChI=1S/C13H19N3O2S/c1-4-9-6-10(18-16-9)7-14-13(17)12-8(3)15-11(5-2)19-12/h10H,4-7H2,1-3H3,(H,14,17)/t10-/m1/s1. The van der Waals surface area contributed by atoms with Gasteiger partial charge < -0.3 is 10.2 Å². The summed E-state index contributed by atoms with van der Waals surface area (Å²) >= 11 is 1.46. The summed E-state index contributed by atoms with van der Waals surface area (Å²) in [6.07, 6.45) is 2.53. The van der Waals surface area contributed by atoms with Crippen LogP contribution in [0.25, 0.3) is 0 Å². The van der Waals surface area contributed by atoms with E-state index in [0.29, 0.717) is 11.4 Å². The molecule has 1 aromatic heterocycles. The number of amides is 1. The number of nitrogens with one attached hydrogen (secondary N) is 1. The van der Waals surface area contributed by atoms with Crippen molar-refractivity contribution in [2.75, 3.05) is 6.54 Å². The van der Waals surface area contributed by atoms with Crippen LogP contribution in [0.1, 0.15) is 47.1 Å². The van der Waals surface area contributed by atoms with Crippen molar-refractivity contribution in [1.29, 1.82) is 0 Å². The number of carbonyl (C=O) groups is 1. The van der Waals surface area contributed by atoms with Crippen LogP contribution in [0.5, 0.6) is 0 Å². The Bertz CT molecular complexity index is 496. The lowest BCUT2D eigenvalue weighted by molar-refractivity contribution is 0.0755. The number of aryl methyl sites for hydroxylation is 2. The highest BCUT2D eigenvalue weighted by Crippen LogP contribution is 2.18. The number of thiazole rings is 1. The van der Waals surface area contributed by atoms with E-state index in [1.807, 2.05) is 13.8 Å². The van der Waals surface area contributed by atoms with Gasteiger partial charge in [-0.15, -0.1) is 11.3 Å². The topological polar surface area (TPSA) is 63.6 Å². The lowest BCUT2D eigenvalue weighted by Crippen LogP contribution is -2.32. The molecule has 1 amide bonds. The first-order valence-electron chi connectivity index (χ1n) is 6.60. The molecule has 1 atom stereocenters. The van der Waals surface area contributed by atoms with E-state index in [0.717, 1.165) is 35.7 Å². The van der Waals surface area contributed by atoms with Gasteiger partial charge in [-0.25, -0.2) is 4.98 Å². The van der Waals surface area contributed by atoms with Crippen molar-refractivity contribution in [1.82, 2.24) is 10.3 Å². The van der Waals surface area contributed by atoms with Crippen molar-refractivity contribution in [2.24, 2.45) is 5.16 Å². The second kappa shape index (κ2) is 6.14. The van der Waals surface area contributed by atoms with E-state index >= 15 is 0 Å². The van der Waals surface area contributed by atoms with Crippen LogP contribution in [0.2, 0.25) is 0 Å². The van der Waals surface area contributed by atoms with Gasteiger partial charge in [-0.2, -0.15) is 0 Å². The van der Waals surface area contributed by atoms with E-state index in [1.54, 1.807) is 0 Å². The first-order chi connectivity index (χ1) is 9.13. The van der Waals surface area contributed by atoms with Crippen LogP contribution in [0.15, 0.2) is 5.16 Å². The molecular formula is C13H19N3O2S. The molecule has 0 radical (unpaired) electrons. The monoisotopic (exact) mass is 281 g/mol. The van der Waals surface area contributed by atoms with Gasteiger partial charge in [0.05, 0.1) is 23.0 Å². The van der Waals surface area contributed by atoms with Crippen LogP contribution in [-0.2, 0) is 11.3 Å². The molecule has 0 saturated carbocycles. The van der Waals surface area contributed by atoms with E-state index in [2.05, 4.69) is 22.4 Å². The molecule has 1 aromatic rings. The molecule has 0 aromatic carbocycles. The van der Waals surface area contributed by atoms with Gasteiger partial charge in [-0.3, -0.25) is 4.79 Å². The van der Waals surface area contributed by atoms with E-state index in [4.69, 9.17) is 4.84 Å². The third-order valence-electron chi connectivity index (χ3n) is 3.04. The normalized spacial score (nSPS) is 18.1. The number of aromatic nitrogens is 1. The smallest absolute Gasteiger partial charge is 0.263 e. The predicted molar refractivity (Wildman–Crippen MR) is 75.8 cm³/mol. The molecule has 1 aliphatic heterocycles. The molecule has 19 heavy (non-hydrogen) atoms. The highest BCUT2D eigenvalue weighted by Gasteiger charge is 2.21. The summed E-state index contributed by atoms with van der Waals surface area (Å²) in [5, 5.41) is 7.87. The van der Waals surface area contributed by atoms with E-state index < -0.39 is 0 Å². The molecule has 0 saturated heterocycles. The minimum Gasteiger partial charge on any atom is -0.390 e. The van der Waals surface area contributed by atoms with Crippen molar-refractivity contribution in [3.63, 3.8) is 0 Å². The number of carbonyl (C=O) groups excluding carboxylic acids is 1. The van der Waals surface area contributed by atoms with Gasteiger partial charge in [0.2, 0.25) is 0 Å². The zero-order valence-electron chi connectivity index (χ0n) is 11.5. The van der Waals surface area contributed by atoms with Gasteiger partial charge in [0.15, 0.2) is 0 Å². The summed E-state index contributed by atoms with van der Waals surface area (Å²) < 4.78 is 0. The van der Waals surface area contributed by atoms with Crippen LogP contribution < -0.4 is 5.32 Å². The van der Waals surface area contributed by atoms with Crippen molar-refractivity contribution in [2.45, 2.75) is 46.1 Å². The lowest BCUT2D eigenvalue weighted by atomic mass is 10.1. The number of hydrogen-bond donors (Lipinski definition) is 1. The zero-order chi connectivity index (χ0) is 13.8. The third-order valence-corrected chi connectivity index (χ3v) is 4.34. The zero-order valence-corrected chi connectivity index (χ0v) is 12.3. The maximum atomic E-state index is 12.1.